The molecule has 1 aromatic rings. The first kappa shape index (κ1) is 13.5. The highest BCUT2D eigenvalue weighted by atomic mass is 16.6. The number of nitrogens with one attached hydrogen (secondary N) is 2. The van der Waals surface area contributed by atoms with Crippen molar-refractivity contribution >= 4 is 17.5 Å². The van der Waals surface area contributed by atoms with Crippen LogP contribution in [-0.2, 0) is 0 Å². The Bertz CT molecular complexity index is 489. The summed E-state index contributed by atoms with van der Waals surface area (Å²) in [4.78, 5) is 18.6. The largest absolute Gasteiger partial charge is 0.361 e. The Balaban J connectivity index is 2.29. The van der Waals surface area contributed by atoms with Crippen LogP contribution in [0.25, 0.3) is 0 Å². The number of nitro groups is 1. The van der Waals surface area contributed by atoms with Gasteiger partial charge in [0.15, 0.2) is 0 Å². The van der Waals surface area contributed by atoms with E-state index in [-0.39, 0.29) is 17.1 Å². The molecule has 1 atom stereocenters. The van der Waals surface area contributed by atoms with Crippen LogP contribution in [0.4, 0.5) is 17.5 Å². The number of rotatable bonds is 4. The summed E-state index contributed by atoms with van der Waals surface area (Å²) in [5, 5.41) is 17.0. The molecule has 7 heteroatoms. The van der Waals surface area contributed by atoms with Gasteiger partial charge >= 0.3 is 5.69 Å². The van der Waals surface area contributed by atoms with E-state index in [0.29, 0.717) is 11.8 Å². The molecule has 2 rings (SSSR count). The molecule has 0 radical (unpaired) electrons. The van der Waals surface area contributed by atoms with Crippen LogP contribution in [0.15, 0.2) is 6.20 Å². The molecule has 0 saturated heterocycles. The summed E-state index contributed by atoms with van der Waals surface area (Å²) in [7, 11) is 1.68. The molecule has 7 nitrogen and oxygen atoms in total. The van der Waals surface area contributed by atoms with E-state index < -0.39 is 4.92 Å². The Labute approximate surface area is 112 Å². The van der Waals surface area contributed by atoms with Gasteiger partial charge in [-0.25, -0.2) is 4.98 Å². The zero-order chi connectivity index (χ0) is 14.0. The maximum Gasteiger partial charge on any atom is 0.329 e. The second kappa shape index (κ2) is 4.99. The molecule has 0 aliphatic heterocycles. The van der Waals surface area contributed by atoms with E-state index >= 15 is 0 Å². The fourth-order valence-corrected chi connectivity index (χ4v) is 2.50. The Morgan fingerprint density at radius 1 is 1.53 bits per heavy atom. The van der Waals surface area contributed by atoms with Gasteiger partial charge in [0, 0.05) is 13.1 Å². The van der Waals surface area contributed by atoms with Gasteiger partial charge in [-0.05, 0) is 18.3 Å². The van der Waals surface area contributed by atoms with Crippen molar-refractivity contribution < 1.29 is 4.92 Å². The van der Waals surface area contributed by atoms with E-state index in [9.17, 15) is 10.1 Å². The van der Waals surface area contributed by atoms with Gasteiger partial charge in [0.05, 0.1) is 4.92 Å². The molecule has 0 bridgehead atoms. The first-order chi connectivity index (χ1) is 8.94. The van der Waals surface area contributed by atoms with Crippen molar-refractivity contribution in [2.75, 3.05) is 17.7 Å². The summed E-state index contributed by atoms with van der Waals surface area (Å²) in [5.41, 5.74) is 0.0419. The molecule has 1 aliphatic rings. The molecule has 1 aliphatic carbocycles. The topological polar surface area (TPSA) is 93.0 Å². The zero-order valence-electron chi connectivity index (χ0n) is 11.4. The maximum atomic E-state index is 11.0. The highest BCUT2D eigenvalue weighted by Crippen LogP contribution is 2.39. The third kappa shape index (κ3) is 2.74. The summed E-state index contributed by atoms with van der Waals surface area (Å²) in [6.45, 7) is 4.34. The minimum absolute atomic E-state index is 0.0818. The lowest BCUT2D eigenvalue weighted by atomic mass is 9.87. The standard InChI is InChI=1S/C12H19N5O2/c1-12(2)6-4-5-9(12)15-10-8(17(18)19)7-14-11(13-3)16-10/h7,9H,4-6H2,1-3H3,(H2,13,14,15,16). The summed E-state index contributed by atoms with van der Waals surface area (Å²) in [6.07, 6.45) is 4.48. The molecule has 19 heavy (non-hydrogen) atoms. The summed E-state index contributed by atoms with van der Waals surface area (Å²) in [5.74, 6) is 0.674. The quantitative estimate of drug-likeness (QED) is 0.641. The highest BCUT2D eigenvalue weighted by molar-refractivity contribution is 5.57. The Hall–Kier alpha value is -1.92. The molecule has 104 valence electrons. The van der Waals surface area contributed by atoms with Crippen molar-refractivity contribution in [3.63, 3.8) is 0 Å². The molecular weight excluding hydrogens is 246 g/mol. The van der Waals surface area contributed by atoms with Gasteiger partial charge in [-0.15, -0.1) is 0 Å². The van der Waals surface area contributed by atoms with E-state index in [2.05, 4.69) is 34.4 Å². The van der Waals surface area contributed by atoms with Crippen molar-refractivity contribution in [2.24, 2.45) is 5.41 Å². The minimum Gasteiger partial charge on any atom is -0.361 e. The van der Waals surface area contributed by atoms with Crippen LogP contribution >= 0.6 is 0 Å². The molecule has 0 amide bonds. The van der Waals surface area contributed by atoms with Gasteiger partial charge in [-0.3, -0.25) is 10.1 Å². The van der Waals surface area contributed by atoms with Crippen molar-refractivity contribution in [3.8, 4) is 0 Å². The predicted octanol–water partition coefficient (Wildman–Crippen LogP) is 2.42. The number of hydrogen-bond donors (Lipinski definition) is 2. The summed E-state index contributed by atoms with van der Waals surface area (Å²) < 4.78 is 0. The summed E-state index contributed by atoms with van der Waals surface area (Å²) in [6, 6.07) is 0.200. The smallest absolute Gasteiger partial charge is 0.329 e. The maximum absolute atomic E-state index is 11.0. The first-order valence-electron chi connectivity index (χ1n) is 6.40. The number of aromatic nitrogens is 2. The number of hydrogen-bond acceptors (Lipinski definition) is 6. The van der Waals surface area contributed by atoms with E-state index in [0.717, 1.165) is 19.3 Å². The van der Waals surface area contributed by atoms with Crippen molar-refractivity contribution in [1.82, 2.24) is 9.97 Å². The van der Waals surface area contributed by atoms with E-state index in [4.69, 9.17) is 0 Å². The molecule has 1 unspecified atom stereocenters. The average Bonchev–Trinajstić information content (AvgIpc) is 2.68. The van der Waals surface area contributed by atoms with Gasteiger partial charge < -0.3 is 10.6 Å². The summed E-state index contributed by atoms with van der Waals surface area (Å²) >= 11 is 0. The van der Waals surface area contributed by atoms with Crippen LogP contribution in [0, 0.1) is 15.5 Å². The average molecular weight is 265 g/mol. The zero-order valence-corrected chi connectivity index (χ0v) is 11.4. The predicted molar refractivity (Wildman–Crippen MR) is 73.3 cm³/mol. The fraction of sp³-hybridized carbons (Fsp3) is 0.667. The van der Waals surface area contributed by atoms with Crippen LogP contribution < -0.4 is 10.6 Å². The van der Waals surface area contributed by atoms with Crippen LogP contribution in [-0.4, -0.2) is 28.0 Å². The van der Waals surface area contributed by atoms with Gasteiger partial charge in [0.1, 0.15) is 6.20 Å². The molecule has 0 spiro atoms. The number of anilines is 2. The molecule has 1 heterocycles. The second-order valence-electron chi connectivity index (χ2n) is 5.51. The van der Waals surface area contributed by atoms with Crippen LogP contribution in [0.1, 0.15) is 33.1 Å². The van der Waals surface area contributed by atoms with Gasteiger partial charge in [-0.2, -0.15) is 4.98 Å². The molecule has 1 aromatic heterocycles. The third-order valence-electron chi connectivity index (χ3n) is 3.76. The van der Waals surface area contributed by atoms with Crippen molar-refractivity contribution in [2.45, 2.75) is 39.2 Å². The molecule has 0 aromatic carbocycles. The van der Waals surface area contributed by atoms with Crippen LogP contribution in [0.5, 0.6) is 0 Å². The monoisotopic (exact) mass is 265 g/mol. The van der Waals surface area contributed by atoms with Crippen LogP contribution in [0.2, 0.25) is 0 Å². The molecular formula is C12H19N5O2. The Morgan fingerprint density at radius 2 is 2.26 bits per heavy atom. The van der Waals surface area contributed by atoms with Gasteiger partial charge in [0.2, 0.25) is 11.8 Å². The molecule has 1 saturated carbocycles. The highest BCUT2D eigenvalue weighted by Gasteiger charge is 2.36. The first-order valence-corrected chi connectivity index (χ1v) is 6.40. The lowest BCUT2D eigenvalue weighted by molar-refractivity contribution is -0.384. The number of nitrogens with zero attached hydrogens (tertiary/aromatic N) is 3. The second-order valence-corrected chi connectivity index (χ2v) is 5.51. The lowest BCUT2D eigenvalue weighted by Gasteiger charge is -2.28. The fourth-order valence-electron chi connectivity index (χ4n) is 2.50. The van der Waals surface area contributed by atoms with Crippen molar-refractivity contribution in [1.29, 1.82) is 0 Å². The minimum atomic E-state index is -0.455. The molecule has 2 N–H and O–H groups in total. The van der Waals surface area contributed by atoms with Crippen LogP contribution in [0.3, 0.4) is 0 Å². The Morgan fingerprint density at radius 3 is 2.79 bits per heavy atom. The molecule has 1 fully saturated rings. The Kier molecular flexibility index (Phi) is 3.55. The third-order valence-corrected chi connectivity index (χ3v) is 3.76. The van der Waals surface area contributed by atoms with Gasteiger partial charge in [0.25, 0.3) is 0 Å². The normalized spacial score (nSPS) is 21.1. The lowest BCUT2D eigenvalue weighted by Crippen LogP contribution is -2.31. The van der Waals surface area contributed by atoms with E-state index in [1.165, 1.54) is 6.20 Å². The SMILES string of the molecule is CNc1ncc([N+](=O)[O-])c(NC2CCCC2(C)C)n1. The van der Waals surface area contributed by atoms with Crippen molar-refractivity contribution in [3.05, 3.63) is 16.3 Å². The van der Waals surface area contributed by atoms with Gasteiger partial charge in [-0.1, -0.05) is 20.3 Å². The van der Waals surface area contributed by atoms with E-state index in [1.807, 2.05) is 0 Å². The van der Waals surface area contributed by atoms with E-state index in [1.54, 1.807) is 7.05 Å².